The normalized spacial score (nSPS) is 12.4. The number of rotatable bonds is 6. The highest BCUT2D eigenvalue weighted by atomic mass is 32.2. The van der Waals surface area contributed by atoms with Crippen molar-refractivity contribution in [1.29, 1.82) is 0 Å². The summed E-state index contributed by atoms with van der Waals surface area (Å²) in [6.07, 6.45) is 0.0281. The minimum absolute atomic E-state index is 0.175. The van der Waals surface area contributed by atoms with Gasteiger partial charge in [0.15, 0.2) is 9.84 Å². The average Bonchev–Trinajstić information content (AvgIpc) is 2.59. The Labute approximate surface area is 136 Å². The Bertz CT molecular complexity index is 730. The number of aryl methyl sites for hydroxylation is 1. The maximum absolute atomic E-state index is 12.7. The summed E-state index contributed by atoms with van der Waals surface area (Å²) >= 11 is 0. The number of hydrogen-bond acceptors (Lipinski definition) is 4. The van der Waals surface area contributed by atoms with Crippen LogP contribution in [0.3, 0.4) is 0 Å². The minimum atomic E-state index is -3.69. The largest absolute Gasteiger partial charge is 0.453 e. The van der Waals surface area contributed by atoms with E-state index in [9.17, 15) is 13.2 Å². The first-order valence-corrected chi connectivity index (χ1v) is 8.76. The smallest absolute Gasteiger partial charge is 0.407 e. The second-order valence-corrected chi connectivity index (χ2v) is 7.14. The summed E-state index contributed by atoms with van der Waals surface area (Å²) in [5.74, 6) is 0. The van der Waals surface area contributed by atoms with Gasteiger partial charge < -0.3 is 10.1 Å². The van der Waals surface area contributed by atoms with E-state index in [1.54, 1.807) is 18.2 Å². The van der Waals surface area contributed by atoms with Crippen LogP contribution in [0.5, 0.6) is 0 Å². The standard InChI is InChI=1S/C17H19NO4S/c1-22-17(19)18-16(13-12-14-8-4-2-5-9-14)23(20,21)15-10-6-3-7-11-15/h2-11,16H,12-13H2,1H3,(H,18,19). The van der Waals surface area contributed by atoms with Crippen LogP contribution < -0.4 is 5.32 Å². The summed E-state index contributed by atoms with van der Waals surface area (Å²) in [5.41, 5.74) is 1.01. The maximum Gasteiger partial charge on any atom is 0.407 e. The second kappa shape index (κ2) is 7.78. The van der Waals surface area contributed by atoms with Crippen molar-refractivity contribution in [1.82, 2.24) is 5.32 Å². The van der Waals surface area contributed by atoms with Crippen LogP contribution in [0.25, 0.3) is 0 Å². The van der Waals surface area contributed by atoms with E-state index in [-0.39, 0.29) is 11.3 Å². The molecule has 0 heterocycles. The monoisotopic (exact) mass is 333 g/mol. The van der Waals surface area contributed by atoms with Gasteiger partial charge in [-0.2, -0.15) is 0 Å². The molecule has 2 aromatic rings. The van der Waals surface area contributed by atoms with Crippen LogP contribution in [-0.4, -0.2) is 27.0 Å². The lowest BCUT2D eigenvalue weighted by Gasteiger charge is -2.18. The molecular weight excluding hydrogens is 314 g/mol. The molecule has 2 rings (SSSR count). The first-order valence-electron chi connectivity index (χ1n) is 7.21. The first-order chi connectivity index (χ1) is 11.0. The van der Waals surface area contributed by atoms with Crippen molar-refractivity contribution in [2.24, 2.45) is 0 Å². The van der Waals surface area contributed by atoms with Gasteiger partial charge in [-0.1, -0.05) is 48.5 Å². The molecular formula is C17H19NO4S. The van der Waals surface area contributed by atoms with E-state index in [2.05, 4.69) is 10.1 Å². The number of methoxy groups -OCH3 is 1. The molecule has 1 N–H and O–H groups in total. The zero-order chi connectivity index (χ0) is 16.7. The molecule has 0 aliphatic rings. The topological polar surface area (TPSA) is 72.5 Å². The van der Waals surface area contributed by atoms with E-state index in [4.69, 9.17) is 0 Å². The average molecular weight is 333 g/mol. The van der Waals surface area contributed by atoms with Gasteiger partial charge in [-0.25, -0.2) is 13.2 Å². The molecule has 122 valence electrons. The van der Waals surface area contributed by atoms with Gasteiger partial charge >= 0.3 is 6.09 Å². The SMILES string of the molecule is COC(=O)NC(CCc1ccccc1)S(=O)(=O)c1ccccc1. The molecule has 0 bridgehead atoms. The number of carbonyl (C=O) groups excluding carboxylic acids is 1. The maximum atomic E-state index is 12.7. The van der Waals surface area contributed by atoms with Crippen molar-refractivity contribution in [3.8, 4) is 0 Å². The molecule has 1 amide bonds. The molecule has 0 saturated carbocycles. The van der Waals surface area contributed by atoms with E-state index in [1.807, 2.05) is 30.3 Å². The van der Waals surface area contributed by atoms with Gasteiger partial charge in [0, 0.05) is 0 Å². The van der Waals surface area contributed by atoms with E-state index in [0.29, 0.717) is 6.42 Å². The summed E-state index contributed by atoms with van der Waals surface area (Å²) < 4.78 is 30.0. The third kappa shape index (κ3) is 4.56. The summed E-state index contributed by atoms with van der Waals surface area (Å²) in [5, 5.41) is 1.38. The predicted octanol–water partition coefficient (Wildman–Crippen LogP) is 2.78. The fraction of sp³-hybridized carbons (Fsp3) is 0.235. The molecule has 0 aliphatic heterocycles. The Morgan fingerprint density at radius 3 is 2.17 bits per heavy atom. The summed E-state index contributed by atoms with van der Waals surface area (Å²) in [6, 6.07) is 17.6. The molecule has 1 unspecified atom stereocenters. The minimum Gasteiger partial charge on any atom is -0.453 e. The highest BCUT2D eigenvalue weighted by Gasteiger charge is 2.29. The Morgan fingerprint density at radius 1 is 1.04 bits per heavy atom. The Hall–Kier alpha value is -2.34. The zero-order valence-corrected chi connectivity index (χ0v) is 13.6. The van der Waals surface area contributed by atoms with Gasteiger partial charge in [0.1, 0.15) is 5.37 Å². The van der Waals surface area contributed by atoms with Crippen LogP contribution in [0.2, 0.25) is 0 Å². The van der Waals surface area contributed by atoms with Gasteiger partial charge in [0.2, 0.25) is 0 Å². The molecule has 6 heteroatoms. The lowest BCUT2D eigenvalue weighted by atomic mass is 10.1. The molecule has 0 radical (unpaired) electrons. The molecule has 0 aliphatic carbocycles. The third-order valence-corrected chi connectivity index (χ3v) is 5.48. The Morgan fingerprint density at radius 2 is 1.61 bits per heavy atom. The third-order valence-electron chi connectivity index (χ3n) is 3.45. The number of sulfone groups is 1. The highest BCUT2D eigenvalue weighted by molar-refractivity contribution is 7.92. The molecule has 1 atom stereocenters. The van der Waals surface area contributed by atoms with Gasteiger partial charge in [-0.05, 0) is 30.5 Å². The number of amides is 1. The second-order valence-electron chi connectivity index (χ2n) is 5.01. The number of alkyl carbamates (subject to hydrolysis) is 1. The van der Waals surface area contributed by atoms with E-state index < -0.39 is 21.3 Å². The van der Waals surface area contributed by atoms with Crippen molar-refractivity contribution >= 4 is 15.9 Å². The van der Waals surface area contributed by atoms with E-state index in [1.165, 1.54) is 19.2 Å². The quantitative estimate of drug-likeness (QED) is 0.882. The molecule has 0 fully saturated rings. The molecule has 0 saturated heterocycles. The lowest BCUT2D eigenvalue weighted by Crippen LogP contribution is -2.41. The van der Waals surface area contributed by atoms with Crippen LogP contribution >= 0.6 is 0 Å². The van der Waals surface area contributed by atoms with Gasteiger partial charge in [-0.15, -0.1) is 0 Å². The number of carbonyl (C=O) groups is 1. The number of hydrogen-bond donors (Lipinski definition) is 1. The van der Waals surface area contributed by atoms with Crippen molar-refractivity contribution in [3.05, 3.63) is 66.2 Å². The van der Waals surface area contributed by atoms with Gasteiger partial charge in [0.05, 0.1) is 12.0 Å². The molecule has 23 heavy (non-hydrogen) atoms. The number of nitrogens with one attached hydrogen (secondary N) is 1. The lowest BCUT2D eigenvalue weighted by molar-refractivity contribution is 0.169. The van der Waals surface area contributed by atoms with Crippen LogP contribution in [0.4, 0.5) is 4.79 Å². The molecule has 2 aromatic carbocycles. The van der Waals surface area contributed by atoms with E-state index >= 15 is 0 Å². The predicted molar refractivity (Wildman–Crippen MR) is 87.7 cm³/mol. The first kappa shape index (κ1) is 17.0. The van der Waals surface area contributed by atoms with Crippen molar-refractivity contribution in [2.75, 3.05) is 7.11 Å². The highest BCUT2D eigenvalue weighted by Crippen LogP contribution is 2.18. The van der Waals surface area contributed by atoms with Gasteiger partial charge in [0.25, 0.3) is 0 Å². The zero-order valence-electron chi connectivity index (χ0n) is 12.8. The number of benzene rings is 2. The molecule has 5 nitrogen and oxygen atoms in total. The van der Waals surface area contributed by atoms with Crippen LogP contribution in [0.15, 0.2) is 65.6 Å². The van der Waals surface area contributed by atoms with Crippen molar-refractivity contribution < 1.29 is 17.9 Å². The Balaban J connectivity index is 2.21. The van der Waals surface area contributed by atoms with Gasteiger partial charge in [-0.3, -0.25) is 0 Å². The van der Waals surface area contributed by atoms with Crippen LogP contribution in [0, 0.1) is 0 Å². The summed E-state index contributed by atoms with van der Waals surface area (Å²) in [4.78, 5) is 11.7. The molecule has 0 aromatic heterocycles. The fourth-order valence-electron chi connectivity index (χ4n) is 2.21. The molecule has 0 spiro atoms. The Kier molecular flexibility index (Phi) is 5.76. The summed E-state index contributed by atoms with van der Waals surface area (Å²) in [7, 11) is -2.48. The van der Waals surface area contributed by atoms with Crippen molar-refractivity contribution in [3.63, 3.8) is 0 Å². The number of ether oxygens (including phenoxy) is 1. The van der Waals surface area contributed by atoms with Crippen LogP contribution in [-0.2, 0) is 21.0 Å². The van der Waals surface area contributed by atoms with Crippen molar-refractivity contribution in [2.45, 2.75) is 23.1 Å². The fourth-order valence-corrected chi connectivity index (χ4v) is 3.76. The van der Waals surface area contributed by atoms with Crippen LogP contribution in [0.1, 0.15) is 12.0 Å². The van der Waals surface area contributed by atoms with E-state index in [0.717, 1.165) is 5.56 Å². The summed E-state index contributed by atoms with van der Waals surface area (Å²) in [6.45, 7) is 0.